The third-order valence-corrected chi connectivity index (χ3v) is 3.31. The number of hydrogen-bond acceptors (Lipinski definition) is 3. The summed E-state index contributed by atoms with van der Waals surface area (Å²) in [4.78, 5) is 10.7. The number of nitrogens with zero attached hydrogens (tertiary/aromatic N) is 1. The van der Waals surface area contributed by atoms with Gasteiger partial charge in [0.25, 0.3) is 0 Å². The molecule has 0 amide bonds. The first-order valence-corrected chi connectivity index (χ1v) is 6.46. The van der Waals surface area contributed by atoms with Crippen molar-refractivity contribution in [1.82, 2.24) is 0 Å². The van der Waals surface area contributed by atoms with Crippen molar-refractivity contribution >= 4 is 21.6 Å². The minimum atomic E-state index is -0.424. The molecule has 0 aliphatic carbocycles. The summed E-state index contributed by atoms with van der Waals surface area (Å²) in [5.74, 6) is 0.800. The maximum atomic E-state index is 11.1. The predicted molar refractivity (Wildman–Crippen MR) is 76.8 cm³/mol. The number of rotatable bonds is 3. The van der Waals surface area contributed by atoms with E-state index in [0.29, 0.717) is 11.3 Å². The van der Waals surface area contributed by atoms with Crippen molar-refractivity contribution in [3.8, 4) is 11.5 Å². The molecule has 0 aromatic heterocycles. The van der Waals surface area contributed by atoms with Gasteiger partial charge in [-0.15, -0.1) is 0 Å². The molecule has 98 valence electrons. The molecule has 0 unspecified atom stereocenters. The Balaban J connectivity index is 2.44. The molecule has 0 radical (unpaired) electrons. The van der Waals surface area contributed by atoms with Crippen LogP contribution in [0.3, 0.4) is 0 Å². The van der Waals surface area contributed by atoms with Crippen molar-refractivity contribution in [3.05, 3.63) is 62.1 Å². The van der Waals surface area contributed by atoms with Gasteiger partial charge in [0, 0.05) is 5.56 Å². The second kappa shape index (κ2) is 5.40. The molecule has 2 aromatic rings. The zero-order chi connectivity index (χ0) is 14.0. The molecule has 0 heterocycles. The van der Waals surface area contributed by atoms with Gasteiger partial charge < -0.3 is 4.74 Å². The van der Waals surface area contributed by atoms with Crippen LogP contribution in [0.15, 0.2) is 40.9 Å². The molecular weight excluding hydrogens is 310 g/mol. The number of halogens is 1. The van der Waals surface area contributed by atoms with Crippen LogP contribution in [0.25, 0.3) is 0 Å². The fourth-order valence-corrected chi connectivity index (χ4v) is 2.33. The fraction of sp³-hybridized carbons (Fsp3) is 0.143. The molecule has 0 atom stereocenters. The van der Waals surface area contributed by atoms with Crippen LogP contribution < -0.4 is 4.74 Å². The number of ether oxygens (including phenoxy) is 1. The summed E-state index contributed by atoms with van der Waals surface area (Å²) in [7, 11) is 0. The number of para-hydroxylation sites is 1. The third kappa shape index (κ3) is 2.93. The lowest BCUT2D eigenvalue weighted by Crippen LogP contribution is -1.96. The Morgan fingerprint density at radius 3 is 2.53 bits per heavy atom. The first-order chi connectivity index (χ1) is 8.99. The van der Waals surface area contributed by atoms with Crippen LogP contribution in [-0.2, 0) is 0 Å². The monoisotopic (exact) mass is 321 g/mol. The van der Waals surface area contributed by atoms with E-state index in [0.717, 1.165) is 10.0 Å². The highest BCUT2D eigenvalue weighted by molar-refractivity contribution is 9.10. The van der Waals surface area contributed by atoms with Gasteiger partial charge in [-0.2, -0.15) is 0 Å². The quantitative estimate of drug-likeness (QED) is 0.604. The van der Waals surface area contributed by atoms with Gasteiger partial charge in [0.15, 0.2) is 0 Å². The van der Waals surface area contributed by atoms with E-state index in [1.165, 1.54) is 0 Å². The molecule has 0 N–H and O–H groups in total. The first kappa shape index (κ1) is 13.5. The van der Waals surface area contributed by atoms with Gasteiger partial charge in [0.05, 0.1) is 9.40 Å². The van der Waals surface area contributed by atoms with Crippen molar-refractivity contribution in [3.63, 3.8) is 0 Å². The van der Waals surface area contributed by atoms with E-state index in [1.54, 1.807) is 31.2 Å². The van der Waals surface area contributed by atoms with Crippen LogP contribution in [0.1, 0.15) is 11.1 Å². The number of nitro benzene ring substituents is 1. The molecule has 0 fully saturated rings. The van der Waals surface area contributed by atoms with Crippen molar-refractivity contribution < 1.29 is 9.66 Å². The minimum Gasteiger partial charge on any atom is -0.449 e. The summed E-state index contributed by atoms with van der Waals surface area (Å²) in [5.41, 5.74) is 1.65. The van der Waals surface area contributed by atoms with Gasteiger partial charge in [-0.05, 0) is 53.5 Å². The van der Waals surface area contributed by atoms with Gasteiger partial charge in [0.2, 0.25) is 5.75 Å². The van der Waals surface area contributed by atoms with Gasteiger partial charge in [0.1, 0.15) is 5.75 Å². The molecule has 2 aromatic carbocycles. The molecule has 2 rings (SSSR count). The highest BCUT2D eigenvalue weighted by atomic mass is 79.9. The summed E-state index contributed by atoms with van der Waals surface area (Å²) in [6.45, 7) is 3.65. The normalized spacial score (nSPS) is 10.3. The molecular formula is C14H12BrNO3. The largest absolute Gasteiger partial charge is 0.449 e. The van der Waals surface area contributed by atoms with Crippen molar-refractivity contribution in [2.75, 3.05) is 0 Å². The van der Waals surface area contributed by atoms with Crippen LogP contribution in [0, 0.1) is 24.0 Å². The average Bonchev–Trinajstić information content (AvgIpc) is 2.32. The second-order valence-electron chi connectivity index (χ2n) is 4.21. The van der Waals surface area contributed by atoms with E-state index in [4.69, 9.17) is 4.74 Å². The van der Waals surface area contributed by atoms with Crippen LogP contribution in [0.2, 0.25) is 0 Å². The lowest BCUT2D eigenvalue weighted by molar-refractivity contribution is -0.386. The number of nitro groups is 1. The van der Waals surface area contributed by atoms with Crippen molar-refractivity contribution in [1.29, 1.82) is 0 Å². The molecule has 0 aliphatic rings. The second-order valence-corrected chi connectivity index (χ2v) is 5.07. The Morgan fingerprint density at radius 1 is 1.16 bits per heavy atom. The lowest BCUT2D eigenvalue weighted by Gasteiger charge is -2.09. The zero-order valence-corrected chi connectivity index (χ0v) is 12.1. The Morgan fingerprint density at radius 2 is 1.89 bits per heavy atom. The zero-order valence-electron chi connectivity index (χ0n) is 10.5. The number of aryl methyl sites for hydroxylation is 2. The lowest BCUT2D eigenvalue weighted by atomic mass is 10.2. The Bertz CT molecular complexity index is 641. The topological polar surface area (TPSA) is 52.4 Å². The molecule has 0 spiro atoms. The van der Waals surface area contributed by atoms with Crippen LogP contribution in [0.4, 0.5) is 5.69 Å². The smallest absolute Gasteiger partial charge is 0.314 e. The standard InChI is InChI=1S/C14H12BrNO3/c1-9-6-7-12(11(15)8-9)19-13-5-3-4-10(2)14(13)16(17)18/h3-8H,1-2H3. The minimum absolute atomic E-state index is 0.00465. The molecule has 0 saturated carbocycles. The van der Waals surface area contributed by atoms with Crippen molar-refractivity contribution in [2.45, 2.75) is 13.8 Å². The van der Waals surface area contributed by atoms with E-state index in [1.807, 2.05) is 19.1 Å². The van der Waals surface area contributed by atoms with E-state index in [2.05, 4.69) is 15.9 Å². The van der Waals surface area contributed by atoms with Gasteiger partial charge in [-0.1, -0.05) is 18.2 Å². The Labute approximate surface area is 119 Å². The molecule has 4 nitrogen and oxygen atoms in total. The third-order valence-electron chi connectivity index (χ3n) is 2.69. The van der Waals surface area contributed by atoms with E-state index >= 15 is 0 Å². The van der Waals surface area contributed by atoms with Crippen molar-refractivity contribution in [2.24, 2.45) is 0 Å². The molecule has 19 heavy (non-hydrogen) atoms. The Kier molecular flexibility index (Phi) is 3.85. The summed E-state index contributed by atoms with van der Waals surface area (Å²) in [5, 5.41) is 11.1. The fourth-order valence-electron chi connectivity index (χ4n) is 1.76. The van der Waals surface area contributed by atoms with Gasteiger partial charge in [-0.25, -0.2) is 0 Å². The predicted octanol–water partition coefficient (Wildman–Crippen LogP) is 4.77. The summed E-state index contributed by atoms with van der Waals surface area (Å²) in [6.07, 6.45) is 0. The van der Waals surface area contributed by atoms with Crippen LogP contribution in [-0.4, -0.2) is 4.92 Å². The van der Waals surface area contributed by atoms with Crippen LogP contribution in [0.5, 0.6) is 11.5 Å². The maximum absolute atomic E-state index is 11.1. The van der Waals surface area contributed by atoms with Crippen LogP contribution >= 0.6 is 15.9 Å². The maximum Gasteiger partial charge on any atom is 0.314 e. The summed E-state index contributed by atoms with van der Waals surface area (Å²) < 4.78 is 6.42. The van der Waals surface area contributed by atoms with E-state index in [-0.39, 0.29) is 11.4 Å². The Hall–Kier alpha value is -1.88. The number of benzene rings is 2. The van der Waals surface area contributed by atoms with Gasteiger partial charge in [-0.3, -0.25) is 10.1 Å². The highest BCUT2D eigenvalue weighted by Gasteiger charge is 2.19. The summed E-state index contributed by atoms with van der Waals surface area (Å²) in [6, 6.07) is 10.6. The molecule has 0 bridgehead atoms. The summed E-state index contributed by atoms with van der Waals surface area (Å²) >= 11 is 3.39. The highest BCUT2D eigenvalue weighted by Crippen LogP contribution is 2.36. The molecule has 5 heteroatoms. The average molecular weight is 322 g/mol. The molecule has 0 saturated heterocycles. The number of hydrogen-bond donors (Lipinski definition) is 0. The molecule has 0 aliphatic heterocycles. The van der Waals surface area contributed by atoms with E-state index in [9.17, 15) is 10.1 Å². The first-order valence-electron chi connectivity index (χ1n) is 5.67. The van der Waals surface area contributed by atoms with E-state index < -0.39 is 4.92 Å². The van der Waals surface area contributed by atoms with Gasteiger partial charge >= 0.3 is 5.69 Å². The SMILES string of the molecule is Cc1ccc(Oc2cccc(C)c2[N+](=O)[O-])c(Br)c1.